The van der Waals surface area contributed by atoms with E-state index in [-0.39, 0.29) is 76.2 Å². The van der Waals surface area contributed by atoms with Gasteiger partial charge in [-0.1, -0.05) is 26.8 Å². The van der Waals surface area contributed by atoms with Crippen LogP contribution in [0.1, 0.15) is 41.5 Å². The fraction of sp³-hybridized carbons (Fsp3) is 0.438. The Bertz CT molecular complexity index is 369. The first-order valence-corrected chi connectivity index (χ1v) is 6.13. The molecule has 7 heteroatoms. The molecule has 1 N–H and O–H groups in total. The van der Waals surface area contributed by atoms with E-state index in [4.69, 9.17) is 5.11 Å². The Morgan fingerprint density at radius 2 is 1.09 bits per heavy atom. The van der Waals surface area contributed by atoms with Gasteiger partial charge in [-0.15, -0.1) is 17.3 Å². The predicted molar refractivity (Wildman–Crippen MR) is 80.7 cm³/mol. The number of aliphatic hydroxyl groups is 1. The van der Waals surface area contributed by atoms with Crippen LogP contribution in [0.4, 0.5) is 0 Å². The van der Waals surface area contributed by atoms with Crippen LogP contribution in [-0.2, 0) is 9.59 Å². The number of allylic oxidation sites excluding steroid dienone is 5. The Morgan fingerprint density at radius 3 is 1.09 bits per heavy atom. The van der Waals surface area contributed by atoms with E-state index in [0.717, 1.165) is 12.2 Å². The van der Waals surface area contributed by atoms with Crippen LogP contribution in [0.2, 0.25) is 0 Å². The van der Waals surface area contributed by atoms with Gasteiger partial charge in [0.05, 0.1) is 6.10 Å². The molecule has 23 heavy (non-hydrogen) atoms. The molecule has 135 valence electrons. The molecule has 0 bridgehead atoms. The van der Waals surface area contributed by atoms with Crippen molar-refractivity contribution in [2.24, 2.45) is 0 Å². The molecule has 6 nitrogen and oxygen atoms in total. The first-order valence-electron chi connectivity index (χ1n) is 6.13. The second-order valence-corrected chi connectivity index (χ2v) is 4.25. The van der Waals surface area contributed by atoms with Crippen molar-refractivity contribution >= 4 is 11.6 Å². The summed E-state index contributed by atoms with van der Waals surface area (Å²) < 4.78 is 0. The summed E-state index contributed by atoms with van der Waals surface area (Å²) in [5.41, 5.74) is 0. The Labute approximate surface area is 171 Å². The number of hydrogen-bond acceptors (Lipinski definition) is 6. The zero-order chi connectivity index (χ0) is 17.6. The summed E-state index contributed by atoms with van der Waals surface area (Å²) in [5, 5.41) is 38.4. The molecule has 0 heterocycles. The van der Waals surface area contributed by atoms with Crippen LogP contribution in [0, 0.1) is 47.4 Å². The van der Waals surface area contributed by atoms with Crippen LogP contribution in [0.15, 0.2) is 35.5 Å². The van der Waals surface area contributed by atoms with Crippen molar-refractivity contribution in [3.05, 3.63) is 42.9 Å². The maximum Gasteiger partial charge on any atom is 3.00 e. The van der Waals surface area contributed by atoms with E-state index in [9.17, 15) is 24.9 Å². The molecule has 0 saturated carbocycles. The molecule has 0 aliphatic rings. The molecular weight excluding hydrogens is 445 g/mol. The predicted octanol–water partition coefficient (Wildman–Crippen LogP) is -0.239. The monoisotopic (exact) mass is 472 g/mol. The fourth-order valence-electron chi connectivity index (χ4n) is 0.912. The molecule has 0 fully saturated rings. The molecule has 0 aromatic carbocycles. The molecule has 0 aromatic rings. The van der Waals surface area contributed by atoms with E-state index < -0.39 is 6.10 Å². The molecule has 1 atom stereocenters. The van der Waals surface area contributed by atoms with E-state index in [1.165, 1.54) is 40.7 Å². The van der Waals surface area contributed by atoms with Gasteiger partial charge in [-0.3, -0.25) is 9.59 Å². The third-order valence-corrected chi connectivity index (χ3v) is 1.29. The van der Waals surface area contributed by atoms with Gasteiger partial charge in [-0.05, 0) is 32.9 Å². The van der Waals surface area contributed by atoms with Crippen LogP contribution in [0.25, 0.3) is 0 Å². The molecule has 1 unspecified atom stereocenters. The third-order valence-electron chi connectivity index (χ3n) is 1.29. The number of aliphatic hydroxyl groups excluding tert-OH is 1. The van der Waals surface area contributed by atoms with Crippen LogP contribution >= 0.6 is 0 Å². The zero-order valence-electron chi connectivity index (χ0n) is 14.7. The molecule has 1 radical (unpaired) electrons. The molecule has 0 spiro atoms. The summed E-state index contributed by atoms with van der Waals surface area (Å²) in [4.78, 5) is 20.0. The Balaban J connectivity index is -0.0000000675. The number of carbonyl (C=O) groups excluding carboxylic acids is 2. The third kappa shape index (κ3) is 62.2. The quantitative estimate of drug-likeness (QED) is 0.344. The zero-order valence-corrected chi connectivity index (χ0v) is 16.9. The summed E-state index contributed by atoms with van der Waals surface area (Å²) in [6.07, 6.45) is 2.76. The van der Waals surface area contributed by atoms with Crippen LogP contribution < -0.4 is 15.3 Å². The average molecular weight is 472 g/mol. The van der Waals surface area contributed by atoms with Crippen molar-refractivity contribution < 1.29 is 70.0 Å². The molecule has 0 aliphatic carbocycles. The van der Waals surface area contributed by atoms with E-state index in [1.807, 2.05) is 0 Å². The maximum atomic E-state index is 10.0. The van der Waals surface area contributed by atoms with Gasteiger partial charge in [-0.25, -0.2) is 0 Å². The molecule has 0 amide bonds. The van der Waals surface area contributed by atoms with Crippen molar-refractivity contribution in [3.8, 4) is 0 Å². The van der Waals surface area contributed by atoms with Gasteiger partial charge in [0, 0.05) is 0 Å². The molecule has 0 aromatic heterocycles. The fourth-order valence-corrected chi connectivity index (χ4v) is 0.912. The molecule has 0 saturated heterocycles. The number of hydrogen-bond donors (Lipinski definition) is 1. The van der Waals surface area contributed by atoms with Crippen molar-refractivity contribution in [2.75, 3.05) is 0 Å². The summed E-state index contributed by atoms with van der Waals surface area (Å²) in [6, 6.07) is 0. The van der Waals surface area contributed by atoms with Crippen LogP contribution in [-0.4, -0.2) is 22.8 Å². The normalized spacial score (nSPS) is 12.0. The van der Waals surface area contributed by atoms with Crippen molar-refractivity contribution in [1.29, 1.82) is 0 Å². The summed E-state index contributed by atoms with van der Waals surface area (Å²) >= 11 is 0. The Kier molecular flexibility index (Phi) is 31.2. The molecular formula is C16H26GdO6-. The Hall–Kier alpha value is -0.755. The number of ketones is 2. The van der Waals surface area contributed by atoms with Gasteiger partial charge in [0.1, 0.15) is 0 Å². The van der Waals surface area contributed by atoms with Gasteiger partial charge in [-0.2, -0.15) is 0 Å². The molecule has 0 aliphatic heterocycles. The first-order chi connectivity index (χ1) is 9.38. The van der Waals surface area contributed by atoms with Crippen LogP contribution in [0.5, 0.6) is 0 Å². The second kappa shape index (κ2) is 21.2. The van der Waals surface area contributed by atoms with Gasteiger partial charge in [0.15, 0.2) is 11.6 Å². The number of rotatable bonds is 3. The second-order valence-electron chi connectivity index (χ2n) is 4.25. The van der Waals surface area contributed by atoms with E-state index in [1.54, 1.807) is 6.92 Å². The minimum Gasteiger partial charge on any atom is -0.876 e. The number of carbonyl (C=O) groups is 2. The van der Waals surface area contributed by atoms with E-state index >= 15 is 0 Å². The van der Waals surface area contributed by atoms with Crippen LogP contribution in [0.3, 0.4) is 0 Å². The van der Waals surface area contributed by atoms with E-state index in [0.29, 0.717) is 0 Å². The smallest absolute Gasteiger partial charge is 0.876 e. The minimum absolute atomic E-state index is 0. The maximum absolute atomic E-state index is 10.0. The van der Waals surface area contributed by atoms with Crippen molar-refractivity contribution in [2.45, 2.75) is 47.6 Å². The van der Waals surface area contributed by atoms with Gasteiger partial charge < -0.3 is 27.9 Å². The Morgan fingerprint density at radius 1 is 0.826 bits per heavy atom. The summed E-state index contributed by atoms with van der Waals surface area (Å²) in [6.45, 7) is 8.35. The van der Waals surface area contributed by atoms with Crippen molar-refractivity contribution in [1.82, 2.24) is 0 Å². The van der Waals surface area contributed by atoms with E-state index in [2.05, 4.69) is 0 Å². The average Bonchev–Trinajstić information content (AvgIpc) is 2.10. The van der Waals surface area contributed by atoms with Gasteiger partial charge in [0.2, 0.25) is 0 Å². The van der Waals surface area contributed by atoms with Crippen molar-refractivity contribution in [3.63, 3.8) is 0 Å². The summed E-state index contributed by atoms with van der Waals surface area (Å²) in [5.74, 6) is -0.838. The minimum atomic E-state index is -0.600. The summed E-state index contributed by atoms with van der Waals surface area (Å²) in [7, 11) is 0. The topological polar surface area (TPSA) is 124 Å². The van der Waals surface area contributed by atoms with Gasteiger partial charge in [0.25, 0.3) is 0 Å². The van der Waals surface area contributed by atoms with Gasteiger partial charge >= 0.3 is 39.9 Å². The standard InChI is InChI=1S/C5H10O2.2C5H8O2.CH3.Gd/c3*1-4(6)3-5(2)7;;/h3-4,6-7H,1-2H3;2*3,6H,1-2H3;1H3;/q;;;-1;+3/p-3/b5-3-;2*4-3-;;. The SMILES string of the molecule is C/C([O-])=C/C(C)O.CC(=O)/C=C(/C)[O-].CC(=O)/C=C(/C)[O-].[CH3-].[Gd+3]. The first kappa shape index (κ1) is 33.8. The molecule has 0 rings (SSSR count). The largest absolute Gasteiger partial charge is 3.00 e.